The Morgan fingerprint density at radius 3 is 2.52 bits per heavy atom. The molecule has 0 fully saturated rings. The number of aromatic nitrogens is 1. The van der Waals surface area contributed by atoms with E-state index in [4.69, 9.17) is 11.6 Å². The number of aliphatic carboxylic acids is 1. The van der Waals surface area contributed by atoms with Gasteiger partial charge in [0, 0.05) is 10.3 Å². The summed E-state index contributed by atoms with van der Waals surface area (Å²) in [4.78, 5) is 15.9. The first-order valence-corrected chi connectivity index (χ1v) is 8.77. The molecule has 0 bridgehead atoms. The fourth-order valence-corrected chi connectivity index (χ4v) is 3.47. The van der Waals surface area contributed by atoms with Crippen molar-refractivity contribution < 1.29 is 9.90 Å². The maximum absolute atomic E-state index is 11.3. The van der Waals surface area contributed by atoms with Crippen LogP contribution >= 0.6 is 23.4 Å². The van der Waals surface area contributed by atoms with Gasteiger partial charge in [-0.15, -0.1) is 11.8 Å². The van der Waals surface area contributed by atoms with E-state index in [-0.39, 0.29) is 6.42 Å². The Labute approximate surface area is 143 Å². The highest BCUT2D eigenvalue weighted by Crippen LogP contribution is 2.37. The minimum absolute atomic E-state index is 0.0667. The summed E-state index contributed by atoms with van der Waals surface area (Å²) >= 11 is 8.02. The average Bonchev–Trinajstić information content (AvgIpc) is 2.91. The molecule has 3 aromatic rings. The van der Waals surface area contributed by atoms with E-state index in [2.05, 4.69) is 4.98 Å². The lowest BCUT2D eigenvalue weighted by molar-refractivity contribution is -0.136. The Kier molecular flexibility index (Phi) is 4.37. The van der Waals surface area contributed by atoms with Gasteiger partial charge in [0.1, 0.15) is 0 Å². The molecule has 0 saturated heterocycles. The van der Waals surface area contributed by atoms with Gasteiger partial charge in [0.05, 0.1) is 22.7 Å². The number of rotatable bonds is 4. The quantitative estimate of drug-likeness (QED) is 0.643. The first-order valence-electron chi connectivity index (χ1n) is 7.17. The van der Waals surface area contributed by atoms with Crippen LogP contribution in [0.3, 0.4) is 0 Å². The number of hydrogen-bond donors (Lipinski definition) is 2. The molecular formula is C18H16ClNO2S. The van der Waals surface area contributed by atoms with Crippen LogP contribution in [0.15, 0.2) is 41.3 Å². The lowest BCUT2D eigenvalue weighted by atomic mass is 10.0. The van der Waals surface area contributed by atoms with Crippen molar-refractivity contribution in [3.8, 4) is 11.3 Å². The highest BCUT2D eigenvalue weighted by molar-refractivity contribution is 7.98. The number of H-pyrrole nitrogens is 1. The fraction of sp³-hybridized carbons (Fsp3) is 0.167. The molecule has 0 atom stereocenters. The van der Waals surface area contributed by atoms with Gasteiger partial charge in [-0.1, -0.05) is 29.8 Å². The number of benzene rings is 2. The van der Waals surface area contributed by atoms with Crippen LogP contribution in [0.5, 0.6) is 0 Å². The molecule has 3 rings (SSSR count). The van der Waals surface area contributed by atoms with Gasteiger partial charge in [-0.2, -0.15) is 0 Å². The largest absolute Gasteiger partial charge is 0.481 e. The van der Waals surface area contributed by atoms with Crippen LogP contribution in [0.25, 0.3) is 22.2 Å². The topological polar surface area (TPSA) is 53.1 Å². The van der Waals surface area contributed by atoms with E-state index >= 15 is 0 Å². The minimum atomic E-state index is -0.870. The predicted molar refractivity (Wildman–Crippen MR) is 96.6 cm³/mol. The van der Waals surface area contributed by atoms with Crippen LogP contribution in [0.1, 0.15) is 11.1 Å². The molecule has 5 heteroatoms. The van der Waals surface area contributed by atoms with Gasteiger partial charge in [0.2, 0.25) is 0 Å². The van der Waals surface area contributed by atoms with E-state index < -0.39 is 5.97 Å². The third kappa shape index (κ3) is 2.96. The Hall–Kier alpha value is -1.91. The summed E-state index contributed by atoms with van der Waals surface area (Å²) in [6, 6.07) is 11.8. The van der Waals surface area contributed by atoms with E-state index in [1.807, 2.05) is 49.6 Å². The van der Waals surface area contributed by atoms with Gasteiger partial charge in [0.15, 0.2) is 0 Å². The monoisotopic (exact) mass is 345 g/mol. The van der Waals surface area contributed by atoms with Crippen molar-refractivity contribution in [1.82, 2.24) is 4.98 Å². The number of fused-ring (bicyclic) bond motifs is 1. The Bertz CT molecular complexity index is 884. The van der Waals surface area contributed by atoms with Crippen LogP contribution in [-0.4, -0.2) is 22.3 Å². The molecule has 0 spiro atoms. The number of thioether (sulfide) groups is 1. The molecule has 0 aliphatic carbocycles. The lowest BCUT2D eigenvalue weighted by Gasteiger charge is -2.05. The van der Waals surface area contributed by atoms with E-state index in [1.165, 1.54) is 4.90 Å². The third-order valence-corrected chi connectivity index (χ3v) is 4.98. The van der Waals surface area contributed by atoms with Crippen LogP contribution < -0.4 is 0 Å². The molecule has 0 amide bonds. The molecule has 0 radical (unpaired) electrons. The minimum Gasteiger partial charge on any atom is -0.481 e. The number of halogens is 1. The zero-order chi connectivity index (χ0) is 16.6. The van der Waals surface area contributed by atoms with E-state index in [9.17, 15) is 9.90 Å². The Morgan fingerprint density at radius 1 is 1.22 bits per heavy atom. The van der Waals surface area contributed by atoms with Gasteiger partial charge < -0.3 is 10.1 Å². The van der Waals surface area contributed by atoms with Crippen LogP contribution in [0.2, 0.25) is 5.02 Å². The van der Waals surface area contributed by atoms with E-state index in [0.29, 0.717) is 5.02 Å². The Morgan fingerprint density at radius 2 is 1.91 bits per heavy atom. The van der Waals surface area contributed by atoms with Crippen molar-refractivity contribution in [3.63, 3.8) is 0 Å². The maximum atomic E-state index is 11.3. The van der Waals surface area contributed by atoms with Gasteiger partial charge in [-0.25, -0.2) is 0 Å². The second-order valence-electron chi connectivity index (χ2n) is 5.39. The van der Waals surface area contributed by atoms with Crippen molar-refractivity contribution in [2.45, 2.75) is 18.2 Å². The molecule has 0 aliphatic rings. The summed E-state index contributed by atoms with van der Waals surface area (Å²) in [6.07, 6.45) is 1.96. The van der Waals surface area contributed by atoms with Crippen LogP contribution in [0, 0.1) is 6.92 Å². The summed E-state index contributed by atoms with van der Waals surface area (Å²) in [6.45, 7) is 1.99. The number of aryl methyl sites for hydroxylation is 1. The van der Waals surface area contributed by atoms with Gasteiger partial charge in [-0.05, 0) is 48.1 Å². The second kappa shape index (κ2) is 6.30. The standard InChI is InChI=1S/C18H16ClNO2S/c1-10-3-8-14(19)16-13(9-15(21)22)18(20-17(10)16)11-4-6-12(23-2)7-5-11/h3-8,20H,9H2,1-2H3,(H,21,22). The highest BCUT2D eigenvalue weighted by atomic mass is 35.5. The summed E-state index contributed by atoms with van der Waals surface area (Å²) < 4.78 is 0. The molecule has 0 aliphatic heterocycles. The number of carboxylic acid groups (broad SMARTS) is 1. The zero-order valence-electron chi connectivity index (χ0n) is 12.8. The van der Waals surface area contributed by atoms with Crippen molar-refractivity contribution in [2.75, 3.05) is 6.26 Å². The highest BCUT2D eigenvalue weighted by Gasteiger charge is 2.19. The molecule has 1 aromatic heterocycles. The normalized spacial score (nSPS) is 11.1. The van der Waals surface area contributed by atoms with Gasteiger partial charge >= 0.3 is 5.97 Å². The zero-order valence-corrected chi connectivity index (χ0v) is 14.4. The first kappa shape index (κ1) is 16.0. The summed E-state index contributed by atoms with van der Waals surface area (Å²) in [5.74, 6) is -0.870. The average molecular weight is 346 g/mol. The molecule has 118 valence electrons. The molecule has 0 unspecified atom stereocenters. The predicted octanol–water partition coefficient (Wildman–Crippen LogP) is 5.15. The first-order chi connectivity index (χ1) is 11.0. The summed E-state index contributed by atoms with van der Waals surface area (Å²) in [7, 11) is 0. The van der Waals surface area contributed by atoms with Crippen LogP contribution in [-0.2, 0) is 11.2 Å². The molecule has 2 N–H and O–H groups in total. The molecular weight excluding hydrogens is 330 g/mol. The number of hydrogen-bond acceptors (Lipinski definition) is 2. The van der Waals surface area contributed by atoms with Crippen LogP contribution in [0.4, 0.5) is 0 Å². The number of carboxylic acids is 1. The molecule has 23 heavy (non-hydrogen) atoms. The fourth-order valence-electron chi connectivity index (χ4n) is 2.80. The molecule has 0 saturated carbocycles. The summed E-state index contributed by atoms with van der Waals surface area (Å²) in [5, 5.41) is 10.7. The van der Waals surface area contributed by atoms with Crippen molar-refractivity contribution in [1.29, 1.82) is 0 Å². The maximum Gasteiger partial charge on any atom is 0.307 e. The molecule has 2 aromatic carbocycles. The lowest BCUT2D eigenvalue weighted by Crippen LogP contribution is -2.01. The van der Waals surface area contributed by atoms with E-state index in [1.54, 1.807) is 11.8 Å². The SMILES string of the molecule is CSc1ccc(-c2[nH]c3c(C)ccc(Cl)c3c2CC(=O)O)cc1. The number of aromatic amines is 1. The Balaban J connectivity index is 2.27. The third-order valence-electron chi connectivity index (χ3n) is 3.92. The number of nitrogens with one attached hydrogen (secondary N) is 1. The van der Waals surface area contributed by atoms with Crippen molar-refractivity contribution in [3.05, 3.63) is 52.5 Å². The molecule has 1 heterocycles. The van der Waals surface area contributed by atoms with Crippen molar-refractivity contribution >= 4 is 40.2 Å². The number of carbonyl (C=O) groups is 1. The van der Waals surface area contributed by atoms with E-state index in [0.717, 1.165) is 33.3 Å². The molecule has 3 nitrogen and oxygen atoms in total. The second-order valence-corrected chi connectivity index (χ2v) is 6.68. The van der Waals surface area contributed by atoms with Gasteiger partial charge in [-0.3, -0.25) is 4.79 Å². The van der Waals surface area contributed by atoms with Crippen molar-refractivity contribution in [2.24, 2.45) is 0 Å². The smallest absolute Gasteiger partial charge is 0.307 e. The summed E-state index contributed by atoms with van der Waals surface area (Å²) in [5.41, 5.74) is 4.47. The van der Waals surface area contributed by atoms with Gasteiger partial charge in [0.25, 0.3) is 0 Å².